The van der Waals surface area contributed by atoms with Crippen molar-refractivity contribution in [2.24, 2.45) is 0 Å². The van der Waals surface area contributed by atoms with Crippen LogP contribution in [0.15, 0.2) is 0 Å². The highest BCUT2D eigenvalue weighted by Gasteiger charge is 2.33. The predicted molar refractivity (Wildman–Crippen MR) is 46.1 cm³/mol. The average Bonchev–Trinajstić information content (AvgIpc) is 1.81. The zero-order valence-electron chi connectivity index (χ0n) is 7.37. The Morgan fingerprint density at radius 3 is 2.09 bits per heavy atom. The van der Waals surface area contributed by atoms with Crippen molar-refractivity contribution in [1.29, 1.82) is 0 Å². The van der Waals surface area contributed by atoms with Gasteiger partial charge in [0.1, 0.15) is 0 Å². The molecule has 68 valence electrons. The Hall–Kier alpha value is 0.150. The van der Waals surface area contributed by atoms with E-state index in [0.717, 1.165) is 0 Å². The molecular weight excluding hydrogens is 163 g/mol. The Kier molecular flexibility index (Phi) is 3.75. The van der Waals surface area contributed by atoms with Crippen molar-refractivity contribution in [3.05, 3.63) is 0 Å². The van der Waals surface area contributed by atoms with Crippen LogP contribution in [0.3, 0.4) is 0 Å². The smallest absolute Gasteiger partial charge is 0.205 e. The van der Waals surface area contributed by atoms with Gasteiger partial charge in [0.2, 0.25) is 7.37 Å². The van der Waals surface area contributed by atoms with Gasteiger partial charge in [-0.05, 0) is 6.42 Å². The van der Waals surface area contributed by atoms with E-state index >= 15 is 0 Å². The van der Waals surface area contributed by atoms with E-state index < -0.39 is 12.5 Å². The van der Waals surface area contributed by atoms with Crippen molar-refractivity contribution in [3.8, 4) is 0 Å². The highest BCUT2D eigenvalue weighted by atomic mass is 31.2. The monoisotopic (exact) mass is 180 g/mol. The van der Waals surface area contributed by atoms with Gasteiger partial charge in [-0.25, -0.2) is 0 Å². The average molecular weight is 180 g/mol. The van der Waals surface area contributed by atoms with Gasteiger partial charge in [-0.1, -0.05) is 20.8 Å². The Bertz CT molecular complexity index is 160. The van der Waals surface area contributed by atoms with Crippen molar-refractivity contribution < 1.29 is 14.6 Å². The molecule has 0 amide bonds. The number of aliphatic hydroxyl groups excluding tert-OH is 1. The van der Waals surface area contributed by atoms with E-state index in [1.165, 1.54) is 0 Å². The van der Waals surface area contributed by atoms with Gasteiger partial charge in [0.05, 0.1) is 0 Å². The van der Waals surface area contributed by atoms with E-state index in [9.17, 15) is 9.46 Å². The van der Waals surface area contributed by atoms with Crippen LogP contribution < -0.4 is 0 Å². The summed E-state index contributed by atoms with van der Waals surface area (Å²) >= 11 is 0. The van der Waals surface area contributed by atoms with Gasteiger partial charge in [0, 0.05) is 17.9 Å². The van der Waals surface area contributed by atoms with Crippen molar-refractivity contribution in [1.82, 2.24) is 0 Å². The first-order valence-electron chi connectivity index (χ1n) is 3.74. The Morgan fingerprint density at radius 2 is 1.82 bits per heavy atom. The molecule has 0 heterocycles. The van der Waals surface area contributed by atoms with Crippen LogP contribution in [0.2, 0.25) is 0 Å². The normalized spacial score (nSPS) is 17.9. The molecule has 0 fully saturated rings. The highest BCUT2D eigenvalue weighted by molar-refractivity contribution is 7.59. The van der Waals surface area contributed by atoms with Gasteiger partial charge >= 0.3 is 0 Å². The van der Waals surface area contributed by atoms with Crippen molar-refractivity contribution >= 4 is 7.37 Å². The van der Waals surface area contributed by atoms with Gasteiger partial charge in [-0.15, -0.1) is 0 Å². The van der Waals surface area contributed by atoms with Crippen LogP contribution in [0, 0.1) is 0 Å². The molecule has 0 spiro atoms. The molecular formula is C7H17O3P. The molecule has 0 aromatic rings. The van der Waals surface area contributed by atoms with Crippen LogP contribution in [0.25, 0.3) is 0 Å². The van der Waals surface area contributed by atoms with E-state index in [1.807, 2.05) is 0 Å². The standard InChI is InChI=1S/C7H17O3P/c1-7(2,3)11(9,10)6-4-5-8/h8H,4-6H2,1-3H3,(H,9,10). The summed E-state index contributed by atoms with van der Waals surface area (Å²) < 4.78 is 11.4. The zero-order valence-corrected chi connectivity index (χ0v) is 8.27. The maximum atomic E-state index is 11.4. The quantitative estimate of drug-likeness (QED) is 0.646. The number of aliphatic hydroxyl groups is 1. The first kappa shape index (κ1) is 11.2. The highest BCUT2D eigenvalue weighted by Crippen LogP contribution is 2.53. The minimum absolute atomic E-state index is 0.0133. The van der Waals surface area contributed by atoms with E-state index in [4.69, 9.17) is 5.11 Å². The predicted octanol–water partition coefficient (Wildman–Crippen LogP) is 1.44. The maximum Gasteiger partial charge on any atom is 0.205 e. The minimum Gasteiger partial charge on any atom is -0.396 e. The molecule has 2 N–H and O–H groups in total. The second-order valence-electron chi connectivity index (χ2n) is 3.67. The van der Waals surface area contributed by atoms with Crippen molar-refractivity contribution in [2.45, 2.75) is 32.3 Å². The summed E-state index contributed by atoms with van der Waals surface area (Å²) in [7, 11) is -3.05. The second-order valence-corrected chi connectivity index (χ2v) is 6.87. The van der Waals surface area contributed by atoms with E-state index in [0.29, 0.717) is 6.42 Å². The molecule has 11 heavy (non-hydrogen) atoms. The van der Waals surface area contributed by atoms with E-state index in [-0.39, 0.29) is 12.8 Å². The lowest BCUT2D eigenvalue weighted by Gasteiger charge is -2.25. The summed E-state index contributed by atoms with van der Waals surface area (Å²) in [5, 5.41) is 7.91. The first-order chi connectivity index (χ1) is 4.81. The molecule has 0 bridgehead atoms. The molecule has 3 nitrogen and oxygen atoms in total. The Balaban J connectivity index is 4.12. The molecule has 1 unspecified atom stereocenters. The number of hydrogen-bond acceptors (Lipinski definition) is 2. The third-order valence-electron chi connectivity index (χ3n) is 1.67. The fourth-order valence-corrected chi connectivity index (χ4v) is 1.86. The summed E-state index contributed by atoms with van der Waals surface area (Å²) in [5.74, 6) is 0. The molecule has 0 aromatic heterocycles. The molecule has 0 rings (SSSR count). The SMILES string of the molecule is CC(C)(C)P(=O)(O)CCCO. The summed E-state index contributed by atoms with van der Waals surface area (Å²) in [5.41, 5.74) is 0. The fraction of sp³-hybridized carbons (Fsp3) is 1.00. The number of rotatable bonds is 3. The summed E-state index contributed by atoms with van der Waals surface area (Å²) in [4.78, 5) is 9.43. The zero-order chi connectivity index (χ0) is 9.12. The van der Waals surface area contributed by atoms with Crippen LogP contribution >= 0.6 is 7.37 Å². The van der Waals surface area contributed by atoms with Gasteiger partial charge in [-0.2, -0.15) is 0 Å². The van der Waals surface area contributed by atoms with Gasteiger partial charge in [0.15, 0.2) is 0 Å². The molecule has 0 aliphatic heterocycles. The summed E-state index contributed by atoms with van der Waals surface area (Å²) in [6, 6.07) is 0. The van der Waals surface area contributed by atoms with E-state index in [1.54, 1.807) is 20.8 Å². The molecule has 0 saturated carbocycles. The largest absolute Gasteiger partial charge is 0.396 e. The summed E-state index contributed by atoms with van der Waals surface area (Å²) in [6.45, 7) is 5.21. The lowest BCUT2D eigenvalue weighted by atomic mass is 10.3. The van der Waals surface area contributed by atoms with Gasteiger partial charge in [0.25, 0.3) is 0 Å². The van der Waals surface area contributed by atoms with E-state index in [2.05, 4.69) is 0 Å². The minimum atomic E-state index is -3.05. The lowest BCUT2D eigenvalue weighted by Crippen LogP contribution is -2.17. The van der Waals surface area contributed by atoms with Crippen molar-refractivity contribution in [3.63, 3.8) is 0 Å². The van der Waals surface area contributed by atoms with Crippen LogP contribution in [0.4, 0.5) is 0 Å². The van der Waals surface area contributed by atoms with Crippen LogP contribution in [-0.4, -0.2) is 27.9 Å². The van der Waals surface area contributed by atoms with Crippen LogP contribution in [0.1, 0.15) is 27.2 Å². The lowest BCUT2D eigenvalue weighted by molar-refractivity contribution is 0.293. The van der Waals surface area contributed by atoms with Crippen LogP contribution in [-0.2, 0) is 4.57 Å². The van der Waals surface area contributed by atoms with Gasteiger partial charge < -0.3 is 10.00 Å². The fourth-order valence-electron chi connectivity index (χ4n) is 0.620. The first-order valence-corrected chi connectivity index (χ1v) is 5.58. The topological polar surface area (TPSA) is 57.5 Å². The summed E-state index contributed by atoms with van der Waals surface area (Å²) in [6.07, 6.45) is 0.623. The van der Waals surface area contributed by atoms with Gasteiger partial charge in [-0.3, -0.25) is 4.57 Å². The van der Waals surface area contributed by atoms with Crippen LogP contribution in [0.5, 0.6) is 0 Å². The Labute approximate surface area is 67.9 Å². The third-order valence-corrected chi connectivity index (χ3v) is 4.69. The number of hydrogen-bond donors (Lipinski definition) is 2. The Morgan fingerprint density at radius 1 is 1.36 bits per heavy atom. The third kappa shape index (κ3) is 3.37. The second kappa shape index (κ2) is 3.70. The molecule has 0 aliphatic carbocycles. The molecule has 0 saturated heterocycles. The van der Waals surface area contributed by atoms with Crippen molar-refractivity contribution in [2.75, 3.05) is 12.8 Å². The maximum absolute atomic E-state index is 11.4. The molecule has 1 atom stereocenters. The molecule has 0 radical (unpaired) electrons. The molecule has 0 aromatic carbocycles. The molecule has 0 aliphatic rings. The molecule has 4 heteroatoms.